The van der Waals surface area contributed by atoms with E-state index in [0.717, 1.165) is 11.1 Å². The molecular weight excluding hydrogens is 319 g/mol. The normalized spacial score (nSPS) is 9.58. The standard InChI is InChI=1S/C9H10.C8H7F.C8H6/c1-2-6-9-7-4-3-5-8-9;9-7-6-8-4-2-1-3-5-8;1-2-8-6-4-3-5-7-8/h2-8H,1H3;1-7H;1,3-7H/b6-2+;7-6+;. The highest BCUT2D eigenvalue weighted by atomic mass is 19.1. The van der Waals surface area contributed by atoms with Crippen molar-refractivity contribution < 1.29 is 4.39 Å². The van der Waals surface area contributed by atoms with E-state index in [4.69, 9.17) is 6.42 Å². The molecule has 0 heterocycles. The van der Waals surface area contributed by atoms with Crippen LogP contribution in [0.5, 0.6) is 0 Å². The monoisotopic (exact) mass is 342 g/mol. The lowest BCUT2D eigenvalue weighted by Gasteiger charge is -1.86. The molecule has 0 bridgehead atoms. The lowest BCUT2D eigenvalue weighted by molar-refractivity contribution is 0.727. The molecule has 0 nitrogen and oxygen atoms in total. The van der Waals surface area contributed by atoms with E-state index in [0.29, 0.717) is 6.33 Å². The predicted octanol–water partition coefficient (Wildman–Crippen LogP) is 7.01. The molecule has 0 amide bonds. The molecular formula is C25H23F. The van der Waals surface area contributed by atoms with Crippen LogP contribution in [0, 0.1) is 12.3 Å². The van der Waals surface area contributed by atoms with Crippen LogP contribution >= 0.6 is 0 Å². The first kappa shape index (κ1) is 20.7. The predicted molar refractivity (Wildman–Crippen MR) is 112 cm³/mol. The second kappa shape index (κ2) is 14.0. The zero-order chi connectivity index (χ0) is 18.9. The van der Waals surface area contributed by atoms with Gasteiger partial charge in [-0.1, -0.05) is 96.9 Å². The van der Waals surface area contributed by atoms with Crippen LogP contribution in [0.25, 0.3) is 12.2 Å². The van der Waals surface area contributed by atoms with Crippen LogP contribution in [0.2, 0.25) is 0 Å². The van der Waals surface area contributed by atoms with Gasteiger partial charge < -0.3 is 0 Å². The summed E-state index contributed by atoms with van der Waals surface area (Å²) < 4.78 is 11.5. The topological polar surface area (TPSA) is 0 Å². The van der Waals surface area contributed by atoms with Gasteiger partial charge in [0.25, 0.3) is 0 Å². The number of benzene rings is 3. The zero-order valence-corrected chi connectivity index (χ0v) is 14.9. The Bertz CT molecular complexity index is 748. The summed E-state index contributed by atoms with van der Waals surface area (Å²) in [4.78, 5) is 0. The molecule has 26 heavy (non-hydrogen) atoms. The Kier molecular flexibility index (Phi) is 11.1. The molecule has 0 spiro atoms. The second-order valence-electron chi connectivity index (χ2n) is 5.12. The first-order valence-electron chi connectivity index (χ1n) is 8.31. The van der Waals surface area contributed by atoms with E-state index in [2.05, 4.69) is 24.1 Å². The minimum Gasteiger partial charge on any atom is -0.216 e. The first-order chi connectivity index (χ1) is 12.8. The zero-order valence-electron chi connectivity index (χ0n) is 14.9. The van der Waals surface area contributed by atoms with Gasteiger partial charge in [0.05, 0.1) is 6.33 Å². The van der Waals surface area contributed by atoms with Crippen LogP contribution in [-0.2, 0) is 0 Å². The molecule has 0 aliphatic rings. The van der Waals surface area contributed by atoms with Gasteiger partial charge in [-0.2, -0.15) is 0 Å². The Morgan fingerprint density at radius 2 is 1.12 bits per heavy atom. The smallest absolute Gasteiger partial charge is 0.0872 e. The fourth-order valence-electron chi connectivity index (χ4n) is 1.93. The summed E-state index contributed by atoms with van der Waals surface area (Å²) in [7, 11) is 0. The van der Waals surface area contributed by atoms with Crippen LogP contribution in [0.4, 0.5) is 4.39 Å². The molecule has 0 radical (unpaired) electrons. The molecule has 0 saturated heterocycles. The fourth-order valence-corrected chi connectivity index (χ4v) is 1.93. The molecule has 0 aliphatic heterocycles. The van der Waals surface area contributed by atoms with Gasteiger partial charge in [0, 0.05) is 5.56 Å². The van der Waals surface area contributed by atoms with Gasteiger partial charge in [0.1, 0.15) is 0 Å². The SMILES string of the molecule is C#Cc1ccccc1.C/C=C/c1ccccc1.F/C=C/c1ccccc1. The van der Waals surface area contributed by atoms with Gasteiger partial charge in [-0.05, 0) is 36.3 Å². The fraction of sp³-hybridized carbons (Fsp3) is 0.0400. The minimum absolute atomic E-state index is 0.537. The minimum atomic E-state index is 0.537. The molecule has 0 unspecified atom stereocenters. The highest BCUT2D eigenvalue weighted by molar-refractivity contribution is 5.48. The summed E-state index contributed by atoms with van der Waals surface area (Å²) >= 11 is 0. The molecule has 130 valence electrons. The van der Waals surface area contributed by atoms with Crippen molar-refractivity contribution in [3.63, 3.8) is 0 Å². The third-order valence-electron chi connectivity index (χ3n) is 3.15. The van der Waals surface area contributed by atoms with Gasteiger partial charge in [0.2, 0.25) is 0 Å². The van der Waals surface area contributed by atoms with E-state index < -0.39 is 0 Å². The van der Waals surface area contributed by atoms with Crippen molar-refractivity contribution in [3.8, 4) is 12.3 Å². The lowest BCUT2D eigenvalue weighted by Crippen LogP contribution is -1.66. The maximum atomic E-state index is 11.5. The Morgan fingerprint density at radius 1 is 0.692 bits per heavy atom. The van der Waals surface area contributed by atoms with Crippen molar-refractivity contribution in [2.24, 2.45) is 0 Å². The van der Waals surface area contributed by atoms with Crippen molar-refractivity contribution in [1.29, 1.82) is 0 Å². The molecule has 1 heteroatoms. The summed E-state index contributed by atoms with van der Waals surface area (Å²) in [5, 5.41) is 0. The maximum Gasteiger partial charge on any atom is 0.0872 e. The molecule has 0 fully saturated rings. The van der Waals surface area contributed by atoms with E-state index >= 15 is 0 Å². The largest absolute Gasteiger partial charge is 0.216 e. The van der Waals surface area contributed by atoms with Crippen molar-refractivity contribution in [1.82, 2.24) is 0 Å². The number of hydrogen-bond donors (Lipinski definition) is 0. The third-order valence-corrected chi connectivity index (χ3v) is 3.15. The molecule has 0 saturated carbocycles. The Hall–Kier alpha value is -3.37. The van der Waals surface area contributed by atoms with Crippen molar-refractivity contribution >= 4 is 12.2 Å². The quantitative estimate of drug-likeness (QED) is 0.439. The summed E-state index contributed by atoms with van der Waals surface area (Å²) in [6.07, 6.45) is 11.2. The van der Waals surface area contributed by atoms with Gasteiger partial charge in [-0.25, -0.2) is 4.39 Å². The molecule has 0 aliphatic carbocycles. The van der Waals surface area contributed by atoms with E-state index in [9.17, 15) is 4.39 Å². The lowest BCUT2D eigenvalue weighted by atomic mass is 10.2. The highest BCUT2D eigenvalue weighted by Gasteiger charge is 1.79. The van der Waals surface area contributed by atoms with E-state index in [1.54, 1.807) is 0 Å². The van der Waals surface area contributed by atoms with Crippen molar-refractivity contribution in [2.45, 2.75) is 6.92 Å². The number of allylic oxidation sites excluding steroid dienone is 1. The summed E-state index contributed by atoms with van der Waals surface area (Å²) in [6.45, 7) is 2.02. The van der Waals surface area contributed by atoms with E-state index in [-0.39, 0.29) is 0 Å². The summed E-state index contributed by atoms with van der Waals surface area (Å²) in [5.41, 5.74) is 3.09. The molecule has 0 atom stereocenters. The Morgan fingerprint density at radius 3 is 1.46 bits per heavy atom. The number of terminal acetylenes is 1. The second-order valence-corrected chi connectivity index (χ2v) is 5.12. The van der Waals surface area contributed by atoms with E-state index in [1.807, 2.05) is 91.9 Å². The number of rotatable bonds is 2. The van der Waals surface area contributed by atoms with Crippen LogP contribution in [0.1, 0.15) is 23.6 Å². The molecule has 3 aromatic rings. The molecule has 0 aromatic heterocycles. The Balaban J connectivity index is 0.000000195. The molecule has 3 aromatic carbocycles. The molecule has 0 N–H and O–H groups in total. The van der Waals surface area contributed by atoms with Crippen LogP contribution in [0.15, 0.2) is 103 Å². The van der Waals surface area contributed by atoms with Gasteiger partial charge in [-0.3, -0.25) is 0 Å². The average molecular weight is 342 g/mol. The summed E-state index contributed by atoms with van der Waals surface area (Å²) in [6, 6.07) is 29.2. The van der Waals surface area contributed by atoms with Crippen LogP contribution in [0.3, 0.4) is 0 Å². The highest BCUT2D eigenvalue weighted by Crippen LogP contribution is 2.00. The van der Waals surface area contributed by atoms with Gasteiger partial charge in [-0.15, -0.1) is 6.42 Å². The van der Waals surface area contributed by atoms with Crippen molar-refractivity contribution in [3.05, 3.63) is 120 Å². The third kappa shape index (κ3) is 9.70. The van der Waals surface area contributed by atoms with Crippen LogP contribution in [-0.4, -0.2) is 0 Å². The van der Waals surface area contributed by atoms with Crippen LogP contribution < -0.4 is 0 Å². The maximum absolute atomic E-state index is 11.5. The van der Waals surface area contributed by atoms with Gasteiger partial charge in [0.15, 0.2) is 0 Å². The number of hydrogen-bond acceptors (Lipinski definition) is 0. The average Bonchev–Trinajstić information content (AvgIpc) is 2.72. The first-order valence-corrected chi connectivity index (χ1v) is 8.31. The Labute approximate surface area is 156 Å². The summed E-state index contributed by atoms with van der Waals surface area (Å²) in [5.74, 6) is 2.53. The van der Waals surface area contributed by atoms with Crippen molar-refractivity contribution in [2.75, 3.05) is 0 Å². The van der Waals surface area contributed by atoms with E-state index in [1.165, 1.54) is 11.6 Å². The van der Waals surface area contributed by atoms with Gasteiger partial charge >= 0.3 is 0 Å². The number of halogens is 1. The molecule has 3 rings (SSSR count).